The molecule has 1 N–H and O–H groups in total. The van der Waals surface area contributed by atoms with Crippen LogP contribution >= 0.6 is 0 Å². The van der Waals surface area contributed by atoms with Gasteiger partial charge in [-0.3, -0.25) is 0 Å². The van der Waals surface area contributed by atoms with Gasteiger partial charge in [0.05, 0.1) is 12.2 Å². The Bertz CT molecular complexity index is 492. The smallest absolute Gasteiger partial charge is 0.410 e. The molecular formula is C16H27N3O3. The topological polar surface area (TPSA) is 67.6 Å². The van der Waals surface area contributed by atoms with E-state index in [0.717, 1.165) is 43.3 Å². The zero-order chi connectivity index (χ0) is 16.3. The normalized spacial score (nSPS) is 16.9. The number of carbonyl (C=O) groups excluding carboxylic acids is 1. The number of oxazole rings is 1. The summed E-state index contributed by atoms with van der Waals surface area (Å²) in [6.45, 7) is 11.6. The van der Waals surface area contributed by atoms with Crippen molar-refractivity contribution >= 4 is 6.09 Å². The summed E-state index contributed by atoms with van der Waals surface area (Å²) < 4.78 is 11.0. The predicted molar refractivity (Wildman–Crippen MR) is 83.6 cm³/mol. The van der Waals surface area contributed by atoms with E-state index in [1.54, 1.807) is 4.90 Å². The molecule has 1 amide bonds. The quantitative estimate of drug-likeness (QED) is 0.930. The largest absolute Gasteiger partial charge is 0.444 e. The summed E-state index contributed by atoms with van der Waals surface area (Å²) in [6, 6.07) is 0.381. The molecule has 6 nitrogen and oxygen atoms in total. The third kappa shape index (κ3) is 4.73. The molecule has 0 radical (unpaired) electrons. The summed E-state index contributed by atoms with van der Waals surface area (Å²) in [7, 11) is 0. The Morgan fingerprint density at radius 1 is 1.36 bits per heavy atom. The number of likely N-dealkylation sites (tertiary alicyclic amines) is 1. The Kier molecular flexibility index (Phi) is 5.11. The van der Waals surface area contributed by atoms with Crippen molar-refractivity contribution in [3.63, 3.8) is 0 Å². The average Bonchev–Trinajstić information content (AvgIpc) is 2.74. The van der Waals surface area contributed by atoms with Gasteiger partial charge < -0.3 is 19.4 Å². The minimum atomic E-state index is -0.438. The molecule has 1 aromatic heterocycles. The van der Waals surface area contributed by atoms with Gasteiger partial charge in [-0.05, 0) is 47.5 Å². The summed E-state index contributed by atoms with van der Waals surface area (Å²) >= 11 is 0. The molecule has 0 bridgehead atoms. The molecule has 0 atom stereocenters. The summed E-state index contributed by atoms with van der Waals surface area (Å²) in [5.74, 6) is 1.60. The number of aryl methyl sites for hydroxylation is 2. The second kappa shape index (κ2) is 6.69. The van der Waals surface area contributed by atoms with Crippen LogP contribution in [0.3, 0.4) is 0 Å². The second-order valence-corrected chi connectivity index (χ2v) is 6.87. The SMILES string of the molecule is Cc1nc(CNC2CCN(C(=O)OC(C)(C)C)CC2)oc1C. The first kappa shape index (κ1) is 16.8. The van der Waals surface area contributed by atoms with Crippen LogP contribution in [-0.2, 0) is 11.3 Å². The zero-order valence-electron chi connectivity index (χ0n) is 14.2. The number of nitrogens with zero attached hydrogens (tertiary/aromatic N) is 2. The van der Waals surface area contributed by atoms with Crippen LogP contribution in [-0.4, -0.2) is 40.7 Å². The fourth-order valence-corrected chi connectivity index (χ4v) is 2.44. The molecule has 1 aliphatic rings. The lowest BCUT2D eigenvalue weighted by atomic mass is 10.1. The van der Waals surface area contributed by atoms with Crippen molar-refractivity contribution in [2.24, 2.45) is 0 Å². The zero-order valence-corrected chi connectivity index (χ0v) is 14.2. The summed E-state index contributed by atoms with van der Waals surface area (Å²) in [5.41, 5.74) is 0.504. The first-order chi connectivity index (χ1) is 10.2. The molecular weight excluding hydrogens is 282 g/mol. The van der Waals surface area contributed by atoms with Gasteiger partial charge in [-0.25, -0.2) is 9.78 Å². The number of aromatic nitrogens is 1. The molecule has 0 saturated carbocycles. The van der Waals surface area contributed by atoms with Gasteiger partial charge >= 0.3 is 6.09 Å². The fourth-order valence-electron chi connectivity index (χ4n) is 2.44. The van der Waals surface area contributed by atoms with Crippen molar-refractivity contribution in [3.8, 4) is 0 Å². The summed E-state index contributed by atoms with van der Waals surface area (Å²) in [6.07, 6.45) is 1.61. The van der Waals surface area contributed by atoms with Crippen LogP contribution in [0.4, 0.5) is 4.79 Å². The Hall–Kier alpha value is -1.56. The molecule has 6 heteroatoms. The molecule has 1 aromatic rings. The van der Waals surface area contributed by atoms with Gasteiger partial charge in [0.1, 0.15) is 11.4 Å². The molecule has 2 heterocycles. The molecule has 0 spiro atoms. The second-order valence-electron chi connectivity index (χ2n) is 6.87. The lowest BCUT2D eigenvalue weighted by molar-refractivity contribution is 0.0197. The van der Waals surface area contributed by atoms with Crippen LogP contribution in [0.5, 0.6) is 0 Å². The molecule has 2 rings (SSSR count). The van der Waals surface area contributed by atoms with Crippen LogP contribution in [0.15, 0.2) is 4.42 Å². The lowest BCUT2D eigenvalue weighted by Gasteiger charge is -2.33. The van der Waals surface area contributed by atoms with E-state index in [4.69, 9.17) is 9.15 Å². The number of hydrogen-bond acceptors (Lipinski definition) is 5. The van der Waals surface area contributed by atoms with E-state index in [1.165, 1.54) is 0 Å². The number of amides is 1. The third-order valence-electron chi connectivity index (χ3n) is 3.76. The van der Waals surface area contributed by atoms with E-state index in [9.17, 15) is 4.79 Å². The average molecular weight is 309 g/mol. The fraction of sp³-hybridized carbons (Fsp3) is 0.750. The van der Waals surface area contributed by atoms with Crippen molar-refractivity contribution < 1.29 is 13.9 Å². The van der Waals surface area contributed by atoms with E-state index in [-0.39, 0.29) is 6.09 Å². The maximum absolute atomic E-state index is 12.0. The van der Waals surface area contributed by atoms with Gasteiger partial charge in [0.2, 0.25) is 5.89 Å². The van der Waals surface area contributed by atoms with Gasteiger partial charge in [0.15, 0.2) is 0 Å². The van der Waals surface area contributed by atoms with E-state index in [2.05, 4.69) is 10.3 Å². The van der Waals surface area contributed by atoms with Crippen molar-refractivity contribution in [1.29, 1.82) is 0 Å². The van der Waals surface area contributed by atoms with E-state index in [1.807, 2.05) is 34.6 Å². The number of hydrogen-bond donors (Lipinski definition) is 1. The molecule has 1 aliphatic heterocycles. The third-order valence-corrected chi connectivity index (χ3v) is 3.76. The van der Waals surface area contributed by atoms with Gasteiger partial charge in [-0.2, -0.15) is 0 Å². The molecule has 1 saturated heterocycles. The Morgan fingerprint density at radius 2 is 2.00 bits per heavy atom. The van der Waals surface area contributed by atoms with Crippen LogP contribution in [0, 0.1) is 13.8 Å². The number of piperidine rings is 1. The number of carbonyl (C=O) groups is 1. The monoisotopic (exact) mass is 309 g/mol. The minimum Gasteiger partial charge on any atom is -0.444 e. The van der Waals surface area contributed by atoms with Crippen LogP contribution in [0.25, 0.3) is 0 Å². The Labute approximate surface area is 132 Å². The van der Waals surface area contributed by atoms with Gasteiger partial charge in [-0.15, -0.1) is 0 Å². The predicted octanol–water partition coefficient (Wildman–Crippen LogP) is 2.78. The highest BCUT2D eigenvalue weighted by Crippen LogP contribution is 2.16. The maximum Gasteiger partial charge on any atom is 0.410 e. The van der Waals surface area contributed by atoms with Crippen molar-refractivity contribution in [1.82, 2.24) is 15.2 Å². The number of rotatable bonds is 3. The highest BCUT2D eigenvalue weighted by molar-refractivity contribution is 5.68. The van der Waals surface area contributed by atoms with E-state index >= 15 is 0 Å². The first-order valence-electron chi connectivity index (χ1n) is 7.89. The highest BCUT2D eigenvalue weighted by atomic mass is 16.6. The van der Waals surface area contributed by atoms with E-state index in [0.29, 0.717) is 12.6 Å². The molecule has 0 unspecified atom stereocenters. The molecule has 1 fully saturated rings. The first-order valence-corrected chi connectivity index (χ1v) is 7.89. The van der Waals surface area contributed by atoms with Crippen molar-refractivity contribution in [3.05, 3.63) is 17.3 Å². The molecule has 22 heavy (non-hydrogen) atoms. The Balaban J connectivity index is 1.74. The molecule has 124 valence electrons. The van der Waals surface area contributed by atoms with E-state index < -0.39 is 5.60 Å². The van der Waals surface area contributed by atoms with Crippen LogP contribution in [0.2, 0.25) is 0 Å². The number of ether oxygens (including phenoxy) is 1. The van der Waals surface area contributed by atoms with Crippen molar-refractivity contribution in [2.75, 3.05) is 13.1 Å². The van der Waals surface area contributed by atoms with Gasteiger partial charge in [0.25, 0.3) is 0 Å². The highest BCUT2D eigenvalue weighted by Gasteiger charge is 2.26. The Morgan fingerprint density at radius 3 is 2.50 bits per heavy atom. The number of nitrogens with one attached hydrogen (secondary N) is 1. The summed E-state index contributed by atoms with van der Waals surface area (Å²) in [4.78, 5) is 18.1. The van der Waals surface area contributed by atoms with Crippen LogP contribution in [0.1, 0.15) is 51.0 Å². The molecule has 0 aromatic carbocycles. The van der Waals surface area contributed by atoms with Crippen molar-refractivity contribution in [2.45, 2.75) is 65.6 Å². The summed E-state index contributed by atoms with van der Waals surface area (Å²) in [5, 5.41) is 3.45. The van der Waals surface area contributed by atoms with Crippen LogP contribution < -0.4 is 5.32 Å². The maximum atomic E-state index is 12.0. The molecule has 0 aliphatic carbocycles. The van der Waals surface area contributed by atoms with Gasteiger partial charge in [-0.1, -0.05) is 0 Å². The van der Waals surface area contributed by atoms with Gasteiger partial charge in [0, 0.05) is 19.1 Å². The standard InChI is InChI=1S/C16H27N3O3/c1-11-12(2)21-14(18-11)10-17-13-6-8-19(9-7-13)15(20)22-16(3,4)5/h13,17H,6-10H2,1-5H3. The lowest BCUT2D eigenvalue weighted by Crippen LogP contribution is -2.46. The minimum absolute atomic E-state index is 0.218.